The summed E-state index contributed by atoms with van der Waals surface area (Å²) in [6.45, 7) is 4.53. The summed E-state index contributed by atoms with van der Waals surface area (Å²) in [6.07, 6.45) is 0. The van der Waals surface area contributed by atoms with Crippen molar-refractivity contribution in [3.8, 4) is 22.5 Å². The van der Waals surface area contributed by atoms with Gasteiger partial charge in [-0.05, 0) is 31.5 Å². The molecule has 2 nitrogen and oxygen atoms in total. The fraction of sp³-hybridized carbons (Fsp3) is 0.125. The van der Waals surface area contributed by atoms with Crippen LogP contribution in [0, 0.1) is 19.7 Å². The molecule has 1 aromatic heterocycles. The Kier molecular flexibility index (Phi) is 4.59. The van der Waals surface area contributed by atoms with Gasteiger partial charge in [0.25, 0.3) is 0 Å². The molecule has 27 heavy (non-hydrogen) atoms. The molecule has 134 valence electrons. The van der Waals surface area contributed by atoms with E-state index in [0.29, 0.717) is 12.1 Å². The van der Waals surface area contributed by atoms with Crippen LogP contribution in [-0.2, 0) is 6.54 Å². The average Bonchev–Trinajstić information content (AvgIpc) is 3.09. The van der Waals surface area contributed by atoms with Gasteiger partial charge in [0.2, 0.25) is 0 Å². The minimum atomic E-state index is -0.209. The van der Waals surface area contributed by atoms with Crippen molar-refractivity contribution < 1.29 is 4.39 Å². The zero-order valence-corrected chi connectivity index (χ0v) is 15.5. The Bertz CT molecular complexity index is 1060. The highest BCUT2D eigenvalue weighted by Crippen LogP contribution is 2.28. The molecule has 3 aromatic carbocycles. The number of benzene rings is 3. The van der Waals surface area contributed by atoms with Crippen molar-refractivity contribution in [3.63, 3.8) is 0 Å². The minimum absolute atomic E-state index is 0.209. The van der Waals surface area contributed by atoms with Gasteiger partial charge in [0.05, 0.1) is 17.9 Å². The second-order valence-electron chi connectivity index (χ2n) is 6.90. The van der Waals surface area contributed by atoms with Crippen LogP contribution in [0.25, 0.3) is 22.5 Å². The molecule has 0 N–H and O–H groups in total. The first kappa shape index (κ1) is 17.2. The molecule has 4 rings (SSSR count). The lowest BCUT2D eigenvalue weighted by Crippen LogP contribution is -2.05. The fourth-order valence-electron chi connectivity index (χ4n) is 3.15. The number of aromatic nitrogens is 2. The summed E-state index contributed by atoms with van der Waals surface area (Å²) < 4.78 is 16.1. The molecular formula is C24H21FN2. The maximum absolute atomic E-state index is 14.2. The highest BCUT2D eigenvalue weighted by molar-refractivity contribution is 5.69. The number of hydrogen-bond donors (Lipinski definition) is 0. The van der Waals surface area contributed by atoms with E-state index in [9.17, 15) is 4.39 Å². The van der Waals surface area contributed by atoms with Crippen LogP contribution in [0.2, 0.25) is 0 Å². The van der Waals surface area contributed by atoms with Gasteiger partial charge in [-0.3, -0.25) is 4.68 Å². The highest BCUT2D eigenvalue weighted by Gasteiger charge is 2.13. The Morgan fingerprint density at radius 1 is 0.778 bits per heavy atom. The van der Waals surface area contributed by atoms with Crippen molar-refractivity contribution in [1.29, 1.82) is 0 Å². The fourth-order valence-corrected chi connectivity index (χ4v) is 3.15. The standard InChI is InChI=1S/C24H21FN2/c1-17-7-11-19(12-8-17)23-15-24(20-13-9-18(2)10-14-20)27(26-23)16-21-5-3-4-6-22(21)25/h3-15H,16H2,1-2H3. The van der Waals surface area contributed by atoms with E-state index in [1.54, 1.807) is 6.07 Å². The second kappa shape index (κ2) is 7.20. The van der Waals surface area contributed by atoms with Gasteiger partial charge in [0, 0.05) is 11.1 Å². The topological polar surface area (TPSA) is 17.8 Å². The Morgan fingerprint density at radius 3 is 2.00 bits per heavy atom. The molecule has 1 heterocycles. The van der Waals surface area contributed by atoms with E-state index in [1.807, 2.05) is 16.8 Å². The Morgan fingerprint density at radius 2 is 1.37 bits per heavy atom. The van der Waals surface area contributed by atoms with E-state index in [1.165, 1.54) is 17.2 Å². The molecule has 3 heteroatoms. The SMILES string of the molecule is Cc1ccc(-c2cc(-c3ccc(C)cc3)n(Cc3ccccc3F)n2)cc1. The summed E-state index contributed by atoms with van der Waals surface area (Å²) in [5, 5.41) is 4.80. The van der Waals surface area contributed by atoms with Gasteiger partial charge in [-0.2, -0.15) is 5.10 Å². The van der Waals surface area contributed by atoms with Crippen molar-refractivity contribution in [2.24, 2.45) is 0 Å². The summed E-state index contributed by atoms with van der Waals surface area (Å²) in [5.41, 5.74) is 7.05. The number of rotatable bonds is 4. The highest BCUT2D eigenvalue weighted by atomic mass is 19.1. The van der Waals surface area contributed by atoms with Crippen molar-refractivity contribution >= 4 is 0 Å². The van der Waals surface area contributed by atoms with Gasteiger partial charge in [-0.25, -0.2) is 4.39 Å². The molecular weight excluding hydrogens is 335 g/mol. The molecule has 0 bridgehead atoms. The van der Waals surface area contributed by atoms with Crippen molar-refractivity contribution in [2.45, 2.75) is 20.4 Å². The van der Waals surface area contributed by atoms with Crippen LogP contribution in [0.1, 0.15) is 16.7 Å². The van der Waals surface area contributed by atoms with E-state index < -0.39 is 0 Å². The molecule has 4 aromatic rings. The lowest BCUT2D eigenvalue weighted by Gasteiger charge is -2.09. The normalized spacial score (nSPS) is 10.9. The molecule has 0 aliphatic carbocycles. The third kappa shape index (κ3) is 3.68. The van der Waals surface area contributed by atoms with Gasteiger partial charge in [0.15, 0.2) is 0 Å². The van der Waals surface area contributed by atoms with Gasteiger partial charge in [-0.15, -0.1) is 0 Å². The van der Waals surface area contributed by atoms with Gasteiger partial charge >= 0.3 is 0 Å². The zero-order chi connectivity index (χ0) is 18.8. The largest absolute Gasteiger partial charge is 0.260 e. The number of nitrogens with zero attached hydrogens (tertiary/aromatic N) is 2. The molecule has 0 saturated heterocycles. The Hall–Kier alpha value is -3.20. The van der Waals surface area contributed by atoms with Crippen LogP contribution in [-0.4, -0.2) is 9.78 Å². The summed E-state index contributed by atoms with van der Waals surface area (Å²) in [4.78, 5) is 0. The Balaban J connectivity index is 1.80. The minimum Gasteiger partial charge on any atom is -0.260 e. The first-order valence-electron chi connectivity index (χ1n) is 9.05. The third-order valence-corrected chi connectivity index (χ3v) is 4.75. The molecule has 0 aliphatic rings. The summed E-state index contributed by atoms with van der Waals surface area (Å²) in [7, 11) is 0. The quantitative estimate of drug-likeness (QED) is 0.437. The van der Waals surface area contributed by atoms with E-state index in [2.05, 4.69) is 68.4 Å². The van der Waals surface area contributed by atoms with Crippen LogP contribution < -0.4 is 0 Å². The first-order chi connectivity index (χ1) is 13.1. The smallest absolute Gasteiger partial charge is 0.128 e. The van der Waals surface area contributed by atoms with Crippen LogP contribution >= 0.6 is 0 Å². The van der Waals surface area contributed by atoms with Crippen LogP contribution in [0.4, 0.5) is 4.39 Å². The van der Waals surface area contributed by atoms with Crippen molar-refractivity contribution in [2.75, 3.05) is 0 Å². The van der Waals surface area contributed by atoms with E-state index in [-0.39, 0.29) is 5.82 Å². The molecule has 0 saturated carbocycles. The maximum atomic E-state index is 14.2. The monoisotopic (exact) mass is 356 g/mol. The molecule has 0 spiro atoms. The molecule has 0 aliphatic heterocycles. The van der Waals surface area contributed by atoms with Gasteiger partial charge in [0.1, 0.15) is 5.82 Å². The number of aryl methyl sites for hydroxylation is 2. The predicted octanol–water partition coefficient (Wildman–Crippen LogP) is 6.02. The average molecular weight is 356 g/mol. The summed E-state index contributed by atoms with van der Waals surface area (Å²) >= 11 is 0. The Labute approximate surface area is 158 Å². The molecule has 0 radical (unpaired) electrons. The van der Waals surface area contributed by atoms with E-state index in [4.69, 9.17) is 5.10 Å². The van der Waals surface area contributed by atoms with Crippen LogP contribution in [0.15, 0.2) is 78.9 Å². The van der Waals surface area contributed by atoms with Crippen molar-refractivity contribution in [3.05, 3.63) is 101 Å². The molecule has 0 fully saturated rings. The van der Waals surface area contributed by atoms with Crippen LogP contribution in [0.5, 0.6) is 0 Å². The second-order valence-corrected chi connectivity index (χ2v) is 6.90. The molecule has 0 amide bonds. The van der Waals surface area contributed by atoms with E-state index in [0.717, 1.165) is 22.5 Å². The molecule has 0 atom stereocenters. The summed E-state index contributed by atoms with van der Waals surface area (Å²) in [5.74, 6) is -0.209. The maximum Gasteiger partial charge on any atom is 0.128 e. The number of halogens is 1. The third-order valence-electron chi connectivity index (χ3n) is 4.75. The lowest BCUT2D eigenvalue weighted by atomic mass is 10.1. The predicted molar refractivity (Wildman–Crippen MR) is 108 cm³/mol. The first-order valence-corrected chi connectivity index (χ1v) is 9.05. The van der Waals surface area contributed by atoms with Gasteiger partial charge < -0.3 is 0 Å². The zero-order valence-electron chi connectivity index (χ0n) is 15.5. The number of hydrogen-bond acceptors (Lipinski definition) is 1. The summed E-state index contributed by atoms with van der Waals surface area (Å²) in [6, 6.07) is 25.6. The molecule has 0 unspecified atom stereocenters. The lowest BCUT2D eigenvalue weighted by molar-refractivity contribution is 0.587. The van der Waals surface area contributed by atoms with Crippen LogP contribution in [0.3, 0.4) is 0 Å². The van der Waals surface area contributed by atoms with Crippen molar-refractivity contribution in [1.82, 2.24) is 9.78 Å². The van der Waals surface area contributed by atoms with E-state index >= 15 is 0 Å². The van der Waals surface area contributed by atoms with Gasteiger partial charge in [-0.1, -0.05) is 77.9 Å².